The molecule has 0 N–H and O–H groups in total. The number of ether oxygens (including phenoxy) is 3. The minimum absolute atomic E-state index is 0.0957. The number of carbonyl (C=O) groups excluding carboxylic acids is 1. The summed E-state index contributed by atoms with van der Waals surface area (Å²) in [7, 11) is 1.42. The zero-order valence-corrected chi connectivity index (χ0v) is 20.3. The van der Waals surface area contributed by atoms with Gasteiger partial charge in [-0.2, -0.15) is 0 Å². The highest BCUT2D eigenvalue weighted by Gasteiger charge is 2.31. The van der Waals surface area contributed by atoms with Crippen molar-refractivity contribution in [1.82, 2.24) is 14.3 Å². The third kappa shape index (κ3) is 7.47. The van der Waals surface area contributed by atoms with E-state index in [4.69, 9.17) is 14.2 Å². The molecular weight excluding hydrogens is 426 g/mol. The van der Waals surface area contributed by atoms with Crippen molar-refractivity contribution in [3.63, 3.8) is 0 Å². The van der Waals surface area contributed by atoms with Crippen LogP contribution < -0.4 is 20.7 Å². The molecule has 2 aromatic rings. The molecule has 0 saturated heterocycles. The number of unbranched alkanes of at least 4 members (excludes halogenated alkanes) is 4. The molecule has 0 unspecified atom stereocenters. The van der Waals surface area contributed by atoms with Gasteiger partial charge in [0, 0.05) is 13.6 Å². The molecule has 33 heavy (non-hydrogen) atoms. The van der Waals surface area contributed by atoms with Crippen LogP contribution in [-0.2, 0) is 29.7 Å². The largest absolute Gasteiger partial charge is 0.476 e. The summed E-state index contributed by atoms with van der Waals surface area (Å²) in [6.07, 6.45) is 5.23. The smallest absolute Gasteiger partial charge is 0.349 e. The van der Waals surface area contributed by atoms with Gasteiger partial charge in [0.1, 0.15) is 12.4 Å². The molecule has 182 valence electrons. The summed E-state index contributed by atoms with van der Waals surface area (Å²) in [4.78, 5) is 36.7. The molecule has 1 aromatic carbocycles. The van der Waals surface area contributed by atoms with Gasteiger partial charge < -0.3 is 14.2 Å². The van der Waals surface area contributed by atoms with E-state index < -0.39 is 22.8 Å². The Morgan fingerprint density at radius 2 is 1.70 bits per heavy atom. The molecular formula is C24H35N3O6. The molecule has 9 heteroatoms. The Morgan fingerprint density at radius 3 is 2.33 bits per heavy atom. The van der Waals surface area contributed by atoms with Crippen LogP contribution in [0.3, 0.4) is 0 Å². The van der Waals surface area contributed by atoms with E-state index in [9.17, 15) is 14.4 Å². The Bertz CT molecular complexity index is 1020. The maximum absolute atomic E-state index is 12.4. The maximum Gasteiger partial charge on any atom is 0.349 e. The molecule has 2 rings (SSSR count). The normalized spacial score (nSPS) is 11.3. The van der Waals surface area contributed by atoms with Gasteiger partial charge in [-0.15, -0.1) is 5.10 Å². The average molecular weight is 462 g/mol. The standard InChI is InChI=1S/C24H35N3O6/c1-6-8-9-10-11-16-27-23(30)26(5)21(28)20(25-27)32-17-18-12-14-19(15-13-18)33-24(3,4)22(29)31-7-2/h12-15H,6-11,16-17H2,1-5H3. The van der Waals surface area contributed by atoms with Crippen LogP contribution in [0.25, 0.3) is 0 Å². The zero-order valence-electron chi connectivity index (χ0n) is 20.3. The molecule has 1 heterocycles. The number of carbonyl (C=O) groups is 1. The molecule has 9 nitrogen and oxygen atoms in total. The summed E-state index contributed by atoms with van der Waals surface area (Å²) in [5.41, 5.74) is -1.36. The summed E-state index contributed by atoms with van der Waals surface area (Å²) in [6.45, 7) is 7.98. The van der Waals surface area contributed by atoms with Crippen LogP contribution >= 0.6 is 0 Å². The van der Waals surface area contributed by atoms with Gasteiger partial charge in [0.15, 0.2) is 5.60 Å². The number of benzene rings is 1. The van der Waals surface area contributed by atoms with E-state index in [1.807, 2.05) is 0 Å². The number of nitrogens with zero attached hydrogens (tertiary/aromatic N) is 3. The number of aromatic nitrogens is 3. The van der Waals surface area contributed by atoms with Crippen molar-refractivity contribution >= 4 is 5.97 Å². The first-order valence-electron chi connectivity index (χ1n) is 11.5. The summed E-state index contributed by atoms with van der Waals surface area (Å²) >= 11 is 0. The van der Waals surface area contributed by atoms with Crippen molar-refractivity contribution in [3.8, 4) is 11.6 Å². The number of esters is 1. The summed E-state index contributed by atoms with van der Waals surface area (Å²) in [5, 5.41) is 4.14. The average Bonchev–Trinajstić information content (AvgIpc) is 2.79. The fourth-order valence-corrected chi connectivity index (χ4v) is 3.15. The van der Waals surface area contributed by atoms with Crippen molar-refractivity contribution in [2.75, 3.05) is 6.61 Å². The predicted octanol–water partition coefficient (Wildman–Crippen LogP) is 3.21. The lowest BCUT2D eigenvalue weighted by atomic mass is 10.1. The first-order chi connectivity index (χ1) is 15.7. The van der Waals surface area contributed by atoms with E-state index in [2.05, 4.69) is 12.0 Å². The fourth-order valence-electron chi connectivity index (χ4n) is 3.15. The van der Waals surface area contributed by atoms with Gasteiger partial charge in [-0.25, -0.2) is 14.3 Å². The SMILES string of the molecule is CCCCCCCn1nc(OCc2ccc(OC(C)(C)C(=O)OCC)cc2)c(=O)n(C)c1=O. The van der Waals surface area contributed by atoms with Gasteiger partial charge in [-0.1, -0.05) is 44.7 Å². The van der Waals surface area contributed by atoms with Crippen molar-refractivity contribution < 1.29 is 19.0 Å². The second-order valence-electron chi connectivity index (χ2n) is 8.35. The first kappa shape index (κ1) is 26.2. The van der Waals surface area contributed by atoms with Crippen LogP contribution in [0, 0.1) is 0 Å². The molecule has 0 amide bonds. The van der Waals surface area contributed by atoms with Crippen molar-refractivity contribution in [3.05, 3.63) is 50.7 Å². The van der Waals surface area contributed by atoms with E-state index >= 15 is 0 Å². The topological polar surface area (TPSA) is 102 Å². The van der Waals surface area contributed by atoms with Crippen LogP contribution in [0.5, 0.6) is 11.6 Å². The van der Waals surface area contributed by atoms with E-state index in [0.29, 0.717) is 12.3 Å². The van der Waals surface area contributed by atoms with E-state index in [0.717, 1.165) is 42.2 Å². The number of rotatable bonds is 13. The molecule has 0 bridgehead atoms. The fraction of sp³-hybridized carbons (Fsp3) is 0.583. The van der Waals surface area contributed by atoms with Gasteiger partial charge in [0.25, 0.3) is 5.88 Å². The van der Waals surface area contributed by atoms with Crippen molar-refractivity contribution in [2.45, 2.75) is 78.6 Å². The number of aryl methyl sites for hydroxylation is 1. The molecule has 0 spiro atoms. The minimum Gasteiger partial charge on any atom is -0.476 e. The molecule has 1 aromatic heterocycles. The Hall–Kier alpha value is -3.10. The molecule has 0 fully saturated rings. The Balaban J connectivity index is 2.03. The molecule has 0 aliphatic rings. The number of hydrogen-bond acceptors (Lipinski definition) is 7. The van der Waals surface area contributed by atoms with E-state index in [1.54, 1.807) is 45.0 Å². The second-order valence-corrected chi connectivity index (χ2v) is 8.35. The van der Waals surface area contributed by atoms with Crippen LogP contribution in [0.15, 0.2) is 33.9 Å². The molecule has 0 atom stereocenters. The van der Waals surface area contributed by atoms with Gasteiger partial charge in [-0.05, 0) is 44.9 Å². The lowest BCUT2D eigenvalue weighted by Crippen LogP contribution is -2.40. The Labute approximate surface area is 194 Å². The lowest BCUT2D eigenvalue weighted by molar-refractivity contribution is -0.158. The monoisotopic (exact) mass is 461 g/mol. The molecule has 0 aliphatic carbocycles. The van der Waals surface area contributed by atoms with E-state index in [1.165, 1.54) is 11.7 Å². The highest BCUT2D eigenvalue weighted by molar-refractivity contribution is 5.79. The van der Waals surface area contributed by atoms with Crippen LogP contribution in [0.4, 0.5) is 0 Å². The third-order valence-electron chi connectivity index (χ3n) is 5.12. The van der Waals surface area contributed by atoms with Gasteiger partial charge in [0.05, 0.1) is 6.61 Å². The second kappa shape index (κ2) is 12.2. The van der Waals surface area contributed by atoms with Crippen LogP contribution in [-0.4, -0.2) is 32.5 Å². The van der Waals surface area contributed by atoms with Gasteiger partial charge in [-0.3, -0.25) is 9.36 Å². The molecule has 0 saturated carbocycles. The Morgan fingerprint density at radius 1 is 1.03 bits per heavy atom. The Kier molecular flexibility index (Phi) is 9.69. The summed E-state index contributed by atoms with van der Waals surface area (Å²) < 4.78 is 18.7. The van der Waals surface area contributed by atoms with E-state index in [-0.39, 0.29) is 19.1 Å². The summed E-state index contributed by atoms with van der Waals surface area (Å²) in [5.74, 6) is -0.0586. The minimum atomic E-state index is -1.12. The quantitative estimate of drug-likeness (QED) is 0.333. The van der Waals surface area contributed by atoms with Crippen molar-refractivity contribution in [1.29, 1.82) is 0 Å². The van der Waals surface area contributed by atoms with Crippen molar-refractivity contribution in [2.24, 2.45) is 7.05 Å². The lowest BCUT2D eigenvalue weighted by Gasteiger charge is -2.24. The van der Waals surface area contributed by atoms with Gasteiger partial charge in [0.2, 0.25) is 0 Å². The first-order valence-corrected chi connectivity index (χ1v) is 11.5. The highest BCUT2D eigenvalue weighted by atomic mass is 16.6. The number of hydrogen-bond donors (Lipinski definition) is 0. The van der Waals surface area contributed by atoms with Crippen LogP contribution in [0.1, 0.15) is 65.4 Å². The predicted molar refractivity (Wildman–Crippen MR) is 125 cm³/mol. The maximum atomic E-state index is 12.4. The summed E-state index contributed by atoms with van der Waals surface area (Å²) in [6, 6.07) is 6.96. The van der Waals surface area contributed by atoms with Crippen LogP contribution in [0.2, 0.25) is 0 Å². The van der Waals surface area contributed by atoms with Gasteiger partial charge >= 0.3 is 17.2 Å². The molecule has 0 radical (unpaired) electrons. The highest BCUT2D eigenvalue weighted by Crippen LogP contribution is 2.20. The third-order valence-corrected chi connectivity index (χ3v) is 5.12. The zero-order chi connectivity index (χ0) is 24.4. The molecule has 0 aliphatic heterocycles.